The van der Waals surface area contributed by atoms with Gasteiger partial charge in [0.05, 0.1) is 0 Å². The van der Waals surface area contributed by atoms with Crippen LogP contribution in [0.15, 0.2) is 78.4 Å². The summed E-state index contributed by atoms with van der Waals surface area (Å²) >= 11 is 2.19. The lowest BCUT2D eigenvalue weighted by molar-refractivity contribution is -0.118. The SMILES string of the molecule is Cc1ccccc1NC(=O)/C(C#N)=C/c1ccc(OCC(=O)Nc2ccc(I)cc2)cc1. The summed E-state index contributed by atoms with van der Waals surface area (Å²) in [5.41, 5.74) is 2.92. The number of amides is 2. The number of anilines is 2. The van der Waals surface area contributed by atoms with Crippen molar-refractivity contribution in [3.8, 4) is 11.8 Å². The second kappa shape index (κ2) is 11.1. The van der Waals surface area contributed by atoms with E-state index in [9.17, 15) is 14.9 Å². The van der Waals surface area contributed by atoms with Crippen LogP contribution in [0.3, 0.4) is 0 Å². The van der Waals surface area contributed by atoms with Crippen LogP contribution < -0.4 is 15.4 Å². The summed E-state index contributed by atoms with van der Waals surface area (Å²) in [5, 5.41) is 14.9. The molecule has 0 radical (unpaired) electrons. The first-order valence-electron chi connectivity index (χ1n) is 9.71. The minimum Gasteiger partial charge on any atom is -0.484 e. The Hall–Kier alpha value is -3.64. The van der Waals surface area contributed by atoms with E-state index in [0.29, 0.717) is 22.7 Å². The van der Waals surface area contributed by atoms with Gasteiger partial charge in [0.15, 0.2) is 6.61 Å². The highest BCUT2D eigenvalue weighted by Gasteiger charge is 2.11. The van der Waals surface area contributed by atoms with E-state index in [1.54, 1.807) is 30.3 Å². The van der Waals surface area contributed by atoms with Crippen molar-refractivity contribution >= 4 is 51.9 Å². The highest BCUT2D eigenvalue weighted by Crippen LogP contribution is 2.18. The van der Waals surface area contributed by atoms with Crippen LogP contribution in [0, 0.1) is 21.8 Å². The molecule has 0 aliphatic carbocycles. The summed E-state index contributed by atoms with van der Waals surface area (Å²) in [6.07, 6.45) is 1.50. The van der Waals surface area contributed by atoms with Crippen LogP contribution in [-0.4, -0.2) is 18.4 Å². The number of hydrogen-bond donors (Lipinski definition) is 2. The smallest absolute Gasteiger partial charge is 0.266 e. The zero-order chi connectivity index (χ0) is 22.9. The van der Waals surface area contributed by atoms with E-state index < -0.39 is 5.91 Å². The van der Waals surface area contributed by atoms with Gasteiger partial charge in [0.25, 0.3) is 11.8 Å². The van der Waals surface area contributed by atoms with Gasteiger partial charge >= 0.3 is 0 Å². The van der Waals surface area contributed by atoms with E-state index in [-0.39, 0.29) is 18.1 Å². The first kappa shape index (κ1) is 23.0. The maximum absolute atomic E-state index is 12.4. The molecule has 32 heavy (non-hydrogen) atoms. The topological polar surface area (TPSA) is 91.2 Å². The summed E-state index contributed by atoms with van der Waals surface area (Å²) in [5.74, 6) is -0.244. The number of nitrogens with zero attached hydrogens (tertiary/aromatic N) is 1. The number of hydrogen-bond acceptors (Lipinski definition) is 4. The molecule has 7 heteroatoms. The Balaban J connectivity index is 1.57. The fourth-order valence-corrected chi connectivity index (χ4v) is 3.12. The Morgan fingerprint density at radius 1 is 1.00 bits per heavy atom. The minimum atomic E-state index is -0.477. The van der Waals surface area contributed by atoms with Crippen molar-refractivity contribution in [1.82, 2.24) is 0 Å². The van der Waals surface area contributed by atoms with Gasteiger partial charge in [0, 0.05) is 14.9 Å². The summed E-state index contributed by atoms with van der Waals surface area (Å²) in [6, 6.07) is 23.5. The molecule has 0 aliphatic heterocycles. The van der Waals surface area contributed by atoms with E-state index in [1.165, 1.54) is 6.08 Å². The predicted molar refractivity (Wildman–Crippen MR) is 133 cm³/mol. The Labute approximate surface area is 200 Å². The third-order valence-electron chi connectivity index (χ3n) is 4.45. The van der Waals surface area contributed by atoms with Gasteiger partial charge in [-0.3, -0.25) is 9.59 Å². The number of ether oxygens (including phenoxy) is 1. The molecule has 3 rings (SSSR count). The number of nitriles is 1. The highest BCUT2D eigenvalue weighted by molar-refractivity contribution is 14.1. The molecule has 0 fully saturated rings. The molecular weight excluding hydrogens is 517 g/mol. The van der Waals surface area contributed by atoms with E-state index in [0.717, 1.165) is 9.13 Å². The third-order valence-corrected chi connectivity index (χ3v) is 5.17. The second-order valence-electron chi connectivity index (χ2n) is 6.85. The van der Waals surface area contributed by atoms with Crippen molar-refractivity contribution in [3.63, 3.8) is 0 Å². The quantitative estimate of drug-likeness (QED) is 0.248. The number of nitrogens with one attached hydrogen (secondary N) is 2. The molecule has 0 unspecified atom stereocenters. The predicted octanol–water partition coefficient (Wildman–Crippen LogP) is 5.16. The fourth-order valence-electron chi connectivity index (χ4n) is 2.76. The zero-order valence-corrected chi connectivity index (χ0v) is 19.4. The van der Waals surface area contributed by atoms with E-state index in [4.69, 9.17) is 4.74 Å². The third kappa shape index (κ3) is 6.68. The molecule has 0 spiro atoms. The standard InChI is InChI=1S/C25H20IN3O3/c1-17-4-2-3-5-23(17)29-25(31)19(15-27)14-18-6-12-22(13-7-18)32-16-24(30)28-21-10-8-20(26)9-11-21/h2-14H,16H2,1H3,(H,28,30)(H,29,31)/b19-14+. The minimum absolute atomic E-state index is 0.0150. The Bertz CT molecular complexity index is 1180. The summed E-state index contributed by atoms with van der Waals surface area (Å²) < 4.78 is 6.59. The Morgan fingerprint density at radius 3 is 2.34 bits per heavy atom. The van der Waals surface area contributed by atoms with Crippen LogP contribution in [0.4, 0.5) is 11.4 Å². The Kier molecular flexibility index (Phi) is 8.00. The van der Waals surface area contributed by atoms with Crippen LogP contribution in [0.2, 0.25) is 0 Å². The normalized spacial score (nSPS) is 10.7. The lowest BCUT2D eigenvalue weighted by Gasteiger charge is -2.08. The average molecular weight is 537 g/mol. The van der Waals surface area contributed by atoms with Gasteiger partial charge in [0.2, 0.25) is 0 Å². The van der Waals surface area contributed by atoms with E-state index in [1.807, 2.05) is 55.5 Å². The van der Waals surface area contributed by atoms with Gasteiger partial charge in [-0.25, -0.2) is 0 Å². The average Bonchev–Trinajstić information content (AvgIpc) is 2.80. The van der Waals surface area contributed by atoms with Crippen molar-refractivity contribution < 1.29 is 14.3 Å². The van der Waals surface area contributed by atoms with Crippen LogP contribution in [0.1, 0.15) is 11.1 Å². The van der Waals surface area contributed by atoms with Crippen LogP contribution in [0.25, 0.3) is 6.08 Å². The van der Waals surface area contributed by atoms with Gasteiger partial charge in [0.1, 0.15) is 17.4 Å². The maximum atomic E-state index is 12.4. The van der Waals surface area contributed by atoms with Gasteiger partial charge in [-0.1, -0.05) is 30.3 Å². The van der Waals surface area contributed by atoms with Crippen molar-refractivity contribution in [1.29, 1.82) is 5.26 Å². The van der Waals surface area contributed by atoms with Crippen molar-refractivity contribution in [2.24, 2.45) is 0 Å². The fraction of sp³-hybridized carbons (Fsp3) is 0.0800. The largest absolute Gasteiger partial charge is 0.484 e. The van der Waals surface area contributed by atoms with E-state index in [2.05, 4.69) is 33.2 Å². The molecule has 0 aromatic heterocycles. The number of benzene rings is 3. The molecule has 0 atom stereocenters. The molecule has 2 N–H and O–H groups in total. The number of halogens is 1. The maximum Gasteiger partial charge on any atom is 0.266 e. The molecule has 0 heterocycles. The van der Waals surface area contributed by atoms with E-state index >= 15 is 0 Å². The molecule has 3 aromatic rings. The van der Waals surface area contributed by atoms with Crippen LogP contribution in [-0.2, 0) is 9.59 Å². The highest BCUT2D eigenvalue weighted by atomic mass is 127. The molecule has 3 aromatic carbocycles. The molecule has 0 aliphatic rings. The van der Waals surface area contributed by atoms with Gasteiger partial charge in [-0.05, 0) is 89.2 Å². The lowest BCUT2D eigenvalue weighted by atomic mass is 10.1. The van der Waals surface area contributed by atoms with Gasteiger partial charge in [-0.15, -0.1) is 0 Å². The summed E-state index contributed by atoms with van der Waals surface area (Å²) in [4.78, 5) is 24.5. The van der Waals surface area contributed by atoms with Crippen molar-refractivity contribution in [3.05, 3.63) is 93.1 Å². The second-order valence-corrected chi connectivity index (χ2v) is 8.10. The number of aryl methyl sites for hydroxylation is 1. The molecule has 0 saturated heterocycles. The molecular formula is C25H20IN3O3. The zero-order valence-electron chi connectivity index (χ0n) is 17.3. The number of carbonyl (C=O) groups excluding carboxylic acids is 2. The van der Waals surface area contributed by atoms with Crippen LogP contribution >= 0.6 is 22.6 Å². The lowest BCUT2D eigenvalue weighted by Crippen LogP contribution is -2.20. The number of carbonyl (C=O) groups is 2. The first-order chi connectivity index (χ1) is 15.4. The molecule has 0 bridgehead atoms. The van der Waals surface area contributed by atoms with Gasteiger partial charge in [-0.2, -0.15) is 5.26 Å². The molecule has 6 nitrogen and oxygen atoms in total. The van der Waals surface area contributed by atoms with Crippen molar-refractivity contribution in [2.75, 3.05) is 17.2 Å². The monoisotopic (exact) mass is 537 g/mol. The van der Waals surface area contributed by atoms with Crippen molar-refractivity contribution in [2.45, 2.75) is 6.92 Å². The number of rotatable bonds is 7. The molecule has 160 valence electrons. The first-order valence-corrected chi connectivity index (χ1v) is 10.8. The van der Waals surface area contributed by atoms with Crippen LogP contribution in [0.5, 0.6) is 5.75 Å². The number of para-hydroxylation sites is 1. The van der Waals surface area contributed by atoms with Gasteiger partial charge < -0.3 is 15.4 Å². The Morgan fingerprint density at radius 2 is 1.69 bits per heavy atom. The molecule has 2 amide bonds. The summed E-state index contributed by atoms with van der Waals surface area (Å²) in [7, 11) is 0. The molecule has 0 saturated carbocycles. The summed E-state index contributed by atoms with van der Waals surface area (Å²) in [6.45, 7) is 1.74.